The summed E-state index contributed by atoms with van der Waals surface area (Å²) in [4.78, 5) is 26.6. The monoisotopic (exact) mass is 386 g/mol. The molecule has 0 radical (unpaired) electrons. The fourth-order valence-corrected chi connectivity index (χ4v) is 3.73. The predicted molar refractivity (Wildman–Crippen MR) is 114 cm³/mol. The van der Waals surface area contributed by atoms with E-state index in [4.69, 9.17) is 0 Å². The smallest absolute Gasteiger partial charge is 0.279 e. The van der Waals surface area contributed by atoms with Crippen LogP contribution in [0.1, 0.15) is 21.5 Å². The molecule has 29 heavy (non-hydrogen) atoms. The average Bonchev–Trinajstić information content (AvgIpc) is 2.74. The Morgan fingerprint density at radius 3 is 2.31 bits per heavy atom. The summed E-state index contributed by atoms with van der Waals surface area (Å²) < 4.78 is 0. The molecular weight excluding hydrogens is 362 g/mol. The highest BCUT2D eigenvalue weighted by molar-refractivity contribution is 6.10. The number of fused-ring (bicyclic) bond motifs is 1. The molecule has 1 unspecified atom stereocenters. The van der Waals surface area contributed by atoms with Crippen LogP contribution in [0, 0.1) is 0 Å². The van der Waals surface area contributed by atoms with Gasteiger partial charge in [0.05, 0.1) is 17.8 Å². The van der Waals surface area contributed by atoms with Gasteiger partial charge in [0.2, 0.25) is 0 Å². The first-order chi connectivity index (χ1) is 14.2. The van der Waals surface area contributed by atoms with Gasteiger partial charge in [-0.15, -0.1) is 0 Å². The highest BCUT2D eigenvalue weighted by Gasteiger charge is 2.22. The number of carbonyl (C=O) groups excluding carboxylic acids is 2. The molecule has 0 fully saturated rings. The van der Waals surface area contributed by atoms with Crippen LogP contribution in [0.5, 0.6) is 0 Å². The van der Waals surface area contributed by atoms with Crippen molar-refractivity contribution < 1.29 is 14.5 Å². The highest BCUT2D eigenvalue weighted by atomic mass is 16.2. The number of anilines is 2. The quantitative estimate of drug-likeness (QED) is 0.631. The van der Waals surface area contributed by atoms with Crippen molar-refractivity contribution in [1.29, 1.82) is 0 Å². The summed E-state index contributed by atoms with van der Waals surface area (Å²) in [6.45, 7) is 2.16. The minimum Gasteiger partial charge on any atom is -0.323 e. The van der Waals surface area contributed by atoms with Gasteiger partial charge in [0.15, 0.2) is 6.54 Å². The van der Waals surface area contributed by atoms with Crippen molar-refractivity contribution in [2.24, 2.45) is 0 Å². The van der Waals surface area contributed by atoms with Gasteiger partial charge in [-0.05, 0) is 29.8 Å². The van der Waals surface area contributed by atoms with E-state index in [0.717, 1.165) is 25.2 Å². The molecule has 4 rings (SSSR count). The molecule has 0 bridgehead atoms. The maximum Gasteiger partial charge on any atom is 0.279 e. The first-order valence-electron chi connectivity index (χ1n) is 9.84. The summed E-state index contributed by atoms with van der Waals surface area (Å²) in [5.41, 5.74) is 4.38. The number of benzene rings is 3. The highest BCUT2D eigenvalue weighted by Crippen LogP contribution is 2.17. The van der Waals surface area contributed by atoms with Gasteiger partial charge in [-0.3, -0.25) is 9.59 Å². The third kappa shape index (κ3) is 4.70. The van der Waals surface area contributed by atoms with E-state index in [1.807, 2.05) is 42.5 Å². The van der Waals surface area contributed by atoms with Gasteiger partial charge in [0.25, 0.3) is 11.8 Å². The van der Waals surface area contributed by atoms with E-state index in [0.29, 0.717) is 17.8 Å². The fraction of sp³-hybridized carbons (Fsp3) is 0.167. The molecule has 3 aromatic rings. The molecule has 1 heterocycles. The van der Waals surface area contributed by atoms with Crippen molar-refractivity contribution in [3.8, 4) is 0 Å². The van der Waals surface area contributed by atoms with E-state index in [9.17, 15) is 9.59 Å². The van der Waals surface area contributed by atoms with E-state index >= 15 is 0 Å². The van der Waals surface area contributed by atoms with Gasteiger partial charge < -0.3 is 15.5 Å². The summed E-state index contributed by atoms with van der Waals surface area (Å²) in [6.07, 6.45) is 0.981. The van der Waals surface area contributed by atoms with Crippen LogP contribution in [-0.4, -0.2) is 24.9 Å². The van der Waals surface area contributed by atoms with E-state index in [1.165, 1.54) is 16.0 Å². The van der Waals surface area contributed by atoms with E-state index in [2.05, 4.69) is 28.8 Å². The number of nitrogens with one attached hydrogen (secondary N) is 3. The number of para-hydroxylation sites is 2. The Morgan fingerprint density at radius 1 is 0.793 bits per heavy atom. The second-order valence-corrected chi connectivity index (χ2v) is 7.29. The predicted octanol–water partition coefficient (Wildman–Crippen LogP) is 2.52. The van der Waals surface area contributed by atoms with Crippen LogP contribution in [-0.2, 0) is 17.8 Å². The normalized spacial score (nSPS) is 15.2. The Morgan fingerprint density at radius 2 is 1.48 bits per heavy atom. The van der Waals surface area contributed by atoms with E-state index in [-0.39, 0.29) is 11.8 Å². The Balaban J connectivity index is 1.41. The zero-order valence-electron chi connectivity index (χ0n) is 16.2. The number of hydrogen-bond donors (Lipinski definition) is 3. The minimum absolute atomic E-state index is 0.0839. The molecule has 2 amide bonds. The molecular formula is C24H24N3O2+. The van der Waals surface area contributed by atoms with Crippen molar-refractivity contribution in [1.82, 2.24) is 0 Å². The standard InChI is InChI=1S/C24H23N3O2/c28-23(17-27-15-14-18-8-4-5-9-19(18)16-27)26-22-13-7-6-12-21(22)24(29)25-20-10-2-1-3-11-20/h1-13H,14-17H2,(H,25,29)(H,26,28)/p+1. The molecule has 3 aromatic carbocycles. The molecule has 1 atom stereocenters. The molecule has 0 saturated heterocycles. The number of hydrogen-bond acceptors (Lipinski definition) is 2. The van der Waals surface area contributed by atoms with Crippen LogP contribution in [0.2, 0.25) is 0 Å². The molecule has 3 N–H and O–H groups in total. The summed E-state index contributed by atoms with van der Waals surface area (Å²) in [6, 6.07) is 24.8. The van der Waals surface area contributed by atoms with Crippen LogP contribution in [0.25, 0.3) is 0 Å². The van der Waals surface area contributed by atoms with Gasteiger partial charge in [-0.25, -0.2) is 0 Å². The zero-order chi connectivity index (χ0) is 20.1. The number of amides is 2. The third-order valence-corrected chi connectivity index (χ3v) is 5.19. The van der Waals surface area contributed by atoms with Crippen molar-refractivity contribution in [3.63, 3.8) is 0 Å². The van der Waals surface area contributed by atoms with Gasteiger partial charge in [-0.2, -0.15) is 0 Å². The Bertz CT molecular complexity index is 1020. The van der Waals surface area contributed by atoms with Crippen molar-refractivity contribution in [2.75, 3.05) is 23.7 Å². The topological polar surface area (TPSA) is 62.6 Å². The summed E-state index contributed by atoms with van der Waals surface area (Å²) in [5.74, 6) is -0.328. The molecule has 0 aromatic heterocycles. The van der Waals surface area contributed by atoms with Crippen molar-refractivity contribution in [3.05, 3.63) is 95.6 Å². The van der Waals surface area contributed by atoms with E-state index < -0.39 is 0 Å². The molecule has 5 heteroatoms. The summed E-state index contributed by atoms with van der Waals surface area (Å²) in [7, 11) is 0. The molecule has 146 valence electrons. The van der Waals surface area contributed by atoms with Crippen molar-refractivity contribution in [2.45, 2.75) is 13.0 Å². The largest absolute Gasteiger partial charge is 0.323 e. The maximum absolute atomic E-state index is 12.7. The van der Waals surface area contributed by atoms with Gasteiger partial charge in [-0.1, -0.05) is 54.6 Å². The molecule has 5 nitrogen and oxygen atoms in total. The number of carbonyl (C=O) groups is 2. The fourth-order valence-electron chi connectivity index (χ4n) is 3.73. The molecule has 0 aliphatic carbocycles. The summed E-state index contributed by atoms with van der Waals surface area (Å²) in [5, 5.41) is 5.80. The van der Waals surface area contributed by atoms with Crippen molar-refractivity contribution >= 4 is 23.2 Å². The van der Waals surface area contributed by atoms with Gasteiger partial charge in [0.1, 0.15) is 6.54 Å². The van der Waals surface area contributed by atoms with Crippen LogP contribution in [0.15, 0.2) is 78.9 Å². The van der Waals surface area contributed by atoms with Gasteiger partial charge >= 0.3 is 0 Å². The van der Waals surface area contributed by atoms with Crippen LogP contribution in [0.4, 0.5) is 11.4 Å². The minimum atomic E-state index is -0.244. The Kier molecular flexibility index (Phi) is 5.68. The van der Waals surface area contributed by atoms with Crippen LogP contribution < -0.4 is 15.5 Å². The SMILES string of the molecule is O=C(C[NH+]1CCc2ccccc2C1)Nc1ccccc1C(=O)Nc1ccccc1. The Labute approximate surface area is 170 Å². The first kappa shape index (κ1) is 18.9. The lowest BCUT2D eigenvalue weighted by atomic mass is 10.00. The maximum atomic E-state index is 12.7. The second-order valence-electron chi connectivity index (χ2n) is 7.29. The lowest BCUT2D eigenvalue weighted by molar-refractivity contribution is -0.907. The zero-order valence-corrected chi connectivity index (χ0v) is 16.2. The lowest BCUT2D eigenvalue weighted by Crippen LogP contribution is -3.12. The lowest BCUT2D eigenvalue weighted by Gasteiger charge is -2.25. The first-order valence-corrected chi connectivity index (χ1v) is 9.84. The van der Waals surface area contributed by atoms with Gasteiger partial charge in [0, 0.05) is 17.7 Å². The molecule has 1 aliphatic rings. The van der Waals surface area contributed by atoms with Crippen LogP contribution >= 0.6 is 0 Å². The van der Waals surface area contributed by atoms with Crippen LogP contribution in [0.3, 0.4) is 0 Å². The van der Waals surface area contributed by atoms with E-state index in [1.54, 1.807) is 18.2 Å². The Hall–Kier alpha value is -3.44. The summed E-state index contributed by atoms with van der Waals surface area (Å²) >= 11 is 0. The molecule has 0 spiro atoms. The second kappa shape index (κ2) is 8.71. The number of quaternary nitrogens is 1. The average molecular weight is 386 g/mol. The molecule has 0 saturated carbocycles. The third-order valence-electron chi connectivity index (χ3n) is 5.19. The number of rotatable bonds is 5. The molecule has 1 aliphatic heterocycles.